The maximum atomic E-state index is 5.34. The van der Waals surface area contributed by atoms with Gasteiger partial charge in [0.05, 0.1) is 24.4 Å². The molecule has 1 aromatic heterocycles. The van der Waals surface area contributed by atoms with Crippen molar-refractivity contribution in [2.75, 3.05) is 20.8 Å². The lowest BCUT2D eigenvalue weighted by Gasteiger charge is -2.12. The van der Waals surface area contributed by atoms with Crippen LogP contribution in [-0.4, -0.2) is 30.5 Å². The van der Waals surface area contributed by atoms with Gasteiger partial charge in [0, 0.05) is 32.8 Å². The lowest BCUT2D eigenvalue weighted by Crippen LogP contribution is -2.17. The molecule has 0 fully saturated rings. The lowest BCUT2D eigenvalue weighted by atomic mass is 10.2. The molecule has 0 atom stereocenters. The third-order valence-electron chi connectivity index (χ3n) is 3.15. The van der Waals surface area contributed by atoms with E-state index in [2.05, 4.69) is 26.3 Å². The molecule has 0 aliphatic heterocycles. The SMILES string of the molecule is COc1cc(CNCCc2ccn(C)n2)cc(Br)c1OC. The Morgan fingerprint density at radius 3 is 2.71 bits per heavy atom. The Labute approximate surface area is 133 Å². The fraction of sp³-hybridized carbons (Fsp3) is 0.400. The standard InChI is InChI=1S/C15H20BrN3O2/c1-19-7-5-12(18-19)4-6-17-10-11-8-13(16)15(21-3)14(9-11)20-2/h5,7-9,17H,4,6,10H2,1-3H3. The topological polar surface area (TPSA) is 48.3 Å². The van der Waals surface area contributed by atoms with Crippen LogP contribution < -0.4 is 14.8 Å². The first-order valence-corrected chi connectivity index (χ1v) is 7.53. The molecule has 0 aliphatic carbocycles. The second kappa shape index (κ2) is 7.47. The van der Waals surface area contributed by atoms with Crippen molar-refractivity contribution >= 4 is 15.9 Å². The quantitative estimate of drug-likeness (QED) is 0.777. The maximum absolute atomic E-state index is 5.34. The number of hydrogen-bond donors (Lipinski definition) is 1. The Balaban J connectivity index is 1.89. The maximum Gasteiger partial charge on any atom is 0.174 e. The molecule has 6 heteroatoms. The lowest BCUT2D eigenvalue weighted by molar-refractivity contribution is 0.352. The van der Waals surface area contributed by atoms with E-state index in [9.17, 15) is 0 Å². The van der Waals surface area contributed by atoms with E-state index in [4.69, 9.17) is 9.47 Å². The molecule has 2 rings (SSSR count). The van der Waals surface area contributed by atoms with Gasteiger partial charge < -0.3 is 14.8 Å². The van der Waals surface area contributed by atoms with Gasteiger partial charge in [-0.25, -0.2) is 0 Å². The zero-order chi connectivity index (χ0) is 15.2. The number of aryl methyl sites for hydroxylation is 1. The zero-order valence-corrected chi connectivity index (χ0v) is 14.1. The van der Waals surface area contributed by atoms with Gasteiger partial charge in [0.25, 0.3) is 0 Å². The Morgan fingerprint density at radius 2 is 2.10 bits per heavy atom. The fourth-order valence-corrected chi connectivity index (χ4v) is 2.77. The van der Waals surface area contributed by atoms with Crippen LogP contribution in [0.3, 0.4) is 0 Å². The molecule has 5 nitrogen and oxygen atoms in total. The summed E-state index contributed by atoms with van der Waals surface area (Å²) in [6.07, 6.45) is 2.87. The molecular formula is C15H20BrN3O2. The van der Waals surface area contributed by atoms with E-state index in [1.54, 1.807) is 14.2 Å². The summed E-state index contributed by atoms with van der Waals surface area (Å²) >= 11 is 3.50. The molecule has 0 unspecified atom stereocenters. The van der Waals surface area contributed by atoms with Crippen LogP contribution in [-0.2, 0) is 20.0 Å². The summed E-state index contributed by atoms with van der Waals surface area (Å²) < 4.78 is 13.4. The fourth-order valence-electron chi connectivity index (χ4n) is 2.12. The van der Waals surface area contributed by atoms with Gasteiger partial charge >= 0.3 is 0 Å². The van der Waals surface area contributed by atoms with Gasteiger partial charge in [-0.15, -0.1) is 0 Å². The minimum absolute atomic E-state index is 0.717. The average Bonchev–Trinajstić information content (AvgIpc) is 2.88. The first kappa shape index (κ1) is 15.9. The first-order valence-electron chi connectivity index (χ1n) is 6.73. The highest BCUT2D eigenvalue weighted by Crippen LogP contribution is 2.36. The predicted octanol–water partition coefficient (Wildman–Crippen LogP) is 2.53. The minimum Gasteiger partial charge on any atom is -0.493 e. The number of hydrogen-bond acceptors (Lipinski definition) is 4. The summed E-state index contributed by atoms with van der Waals surface area (Å²) in [6.45, 7) is 1.65. The van der Waals surface area contributed by atoms with Crippen LogP contribution in [0, 0.1) is 0 Å². The highest BCUT2D eigenvalue weighted by molar-refractivity contribution is 9.10. The molecule has 1 aromatic carbocycles. The molecule has 0 aliphatic rings. The molecule has 0 saturated heterocycles. The van der Waals surface area contributed by atoms with Crippen molar-refractivity contribution in [3.63, 3.8) is 0 Å². The molecule has 2 aromatic rings. The third kappa shape index (κ3) is 4.22. The molecule has 0 spiro atoms. The van der Waals surface area contributed by atoms with Crippen LogP contribution in [0.4, 0.5) is 0 Å². The monoisotopic (exact) mass is 353 g/mol. The van der Waals surface area contributed by atoms with Crippen molar-refractivity contribution in [1.82, 2.24) is 15.1 Å². The summed E-state index contributed by atoms with van der Waals surface area (Å²) in [5, 5.41) is 7.76. The van der Waals surface area contributed by atoms with Crippen molar-refractivity contribution in [1.29, 1.82) is 0 Å². The van der Waals surface area contributed by atoms with Gasteiger partial charge in [-0.05, 0) is 39.7 Å². The summed E-state index contributed by atoms with van der Waals surface area (Å²) in [4.78, 5) is 0. The summed E-state index contributed by atoms with van der Waals surface area (Å²) in [5.74, 6) is 1.45. The van der Waals surface area contributed by atoms with Gasteiger partial charge in [-0.2, -0.15) is 5.10 Å². The van der Waals surface area contributed by atoms with Crippen LogP contribution in [0.5, 0.6) is 11.5 Å². The van der Waals surface area contributed by atoms with Crippen molar-refractivity contribution in [3.05, 3.63) is 40.1 Å². The van der Waals surface area contributed by atoms with Gasteiger partial charge in [-0.1, -0.05) is 0 Å². The minimum atomic E-state index is 0.717. The zero-order valence-electron chi connectivity index (χ0n) is 12.5. The highest BCUT2D eigenvalue weighted by Gasteiger charge is 2.10. The van der Waals surface area contributed by atoms with Crippen molar-refractivity contribution in [2.45, 2.75) is 13.0 Å². The van der Waals surface area contributed by atoms with E-state index in [1.807, 2.05) is 36.1 Å². The summed E-state index contributed by atoms with van der Waals surface area (Å²) in [7, 11) is 5.20. The Kier molecular flexibility index (Phi) is 5.64. The van der Waals surface area contributed by atoms with Crippen LogP contribution in [0.1, 0.15) is 11.3 Å². The second-order valence-electron chi connectivity index (χ2n) is 4.72. The molecule has 0 radical (unpaired) electrons. The van der Waals surface area contributed by atoms with E-state index in [-0.39, 0.29) is 0 Å². The molecule has 114 valence electrons. The number of benzene rings is 1. The number of nitrogens with one attached hydrogen (secondary N) is 1. The van der Waals surface area contributed by atoms with Crippen LogP contribution in [0.25, 0.3) is 0 Å². The van der Waals surface area contributed by atoms with Crippen molar-refractivity contribution in [3.8, 4) is 11.5 Å². The third-order valence-corrected chi connectivity index (χ3v) is 3.74. The Bertz CT molecular complexity index is 599. The summed E-state index contributed by atoms with van der Waals surface area (Å²) in [5.41, 5.74) is 2.24. The molecular weight excluding hydrogens is 334 g/mol. The summed E-state index contributed by atoms with van der Waals surface area (Å²) in [6, 6.07) is 6.06. The van der Waals surface area contributed by atoms with Crippen LogP contribution >= 0.6 is 15.9 Å². The Morgan fingerprint density at radius 1 is 1.29 bits per heavy atom. The van der Waals surface area contributed by atoms with E-state index < -0.39 is 0 Å². The van der Waals surface area contributed by atoms with E-state index in [1.165, 1.54) is 0 Å². The number of ether oxygens (including phenoxy) is 2. The van der Waals surface area contributed by atoms with Gasteiger partial charge in [-0.3, -0.25) is 4.68 Å². The van der Waals surface area contributed by atoms with E-state index in [0.29, 0.717) is 0 Å². The smallest absolute Gasteiger partial charge is 0.174 e. The Hall–Kier alpha value is -1.53. The highest BCUT2D eigenvalue weighted by atomic mass is 79.9. The molecule has 0 saturated carbocycles. The predicted molar refractivity (Wildman–Crippen MR) is 85.9 cm³/mol. The molecule has 21 heavy (non-hydrogen) atoms. The number of methoxy groups -OCH3 is 2. The molecule has 0 amide bonds. The molecule has 1 heterocycles. The normalized spacial score (nSPS) is 10.7. The van der Waals surface area contributed by atoms with Crippen molar-refractivity contribution < 1.29 is 9.47 Å². The van der Waals surface area contributed by atoms with E-state index >= 15 is 0 Å². The molecule has 0 bridgehead atoms. The van der Waals surface area contributed by atoms with Crippen LogP contribution in [0.15, 0.2) is 28.9 Å². The van der Waals surface area contributed by atoms with Gasteiger partial charge in [0.1, 0.15) is 0 Å². The molecule has 1 N–H and O–H groups in total. The second-order valence-corrected chi connectivity index (χ2v) is 5.58. The van der Waals surface area contributed by atoms with E-state index in [0.717, 1.165) is 46.7 Å². The van der Waals surface area contributed by atoms with Gasteiger partial charge in [0.15, 0.2) is 11.5 Å². The first-order chi connectivity index (χ1) is 10.1. The average molecular weight is 354 g/mol. The van der Waals surface area contributed by atoms with Crippen LogP contribution in [0.2, 0.25) is 0 Å². The van der Waals surface area contributed by atoms with Crippen molar-refractivity contribution in [2.24, 2.45) is 7.05 Å². The van der Waals surface area contributed by atoms with Gasteiger partial charge in [0.2, 0.25) is 0 Å². The number of aromatic nitrogens is 2. The number of nitrogens with zero attached hydrogens (tertiary/aromatic N) is 2. The number of rotatable bonds is 7. The number of halogens is 1. The largest absolute Gasteiger partial charge is 0.493 e.